The molecule has 1 atom stereocenters. The van der Waals surface area contributed by atoms with Gasteiger partial charge in [-0.05, 0) is 63.8 Å². The largest absolute Gasteiger partial charge is 0.369 e. The molecule has 0 radical (unpaired) electrons. The summed E-state index contributed by atoms with van der Waals surface area (Å²) in [6.07, 6.45) is 3.75. The molecule has 1 aromatic carbocycles. The molecule has 0 amide bonds. The minimum absolute atomic E-state index is 0.0946. The highest BCUT2D eigenvalue weighted by atomic mass is 32.2. The van der Waals surface area contributed by atoms with Crippen LogP contribution in [0.5, 0.6) is 0 Å². The number of nitrogens with zero attached hydrogens (tertiary/aromatic N) is 1. The number of rotatable bonds is 4. The summed E-state index contributed by atoms with van der Waals surface area (Å²) in [5, 5.41) is 0. The molecule has 0 saturated carbocycles. The summed E-state index contributed by atoms with van der Waals surface area (Å²) in [6.45, 7) is 6.93. The second kappa shape index (κ2) is 6.04. The van der Waals surface area contributed by atoms with Crippen LogP contribution in [0.15, 0.2) is 18.2 Å². The van der Waals surface area contributed by atoms with Gasteiger partial charge in [-0.25, -0.2) is 8.42 Å². The molecule has 1 aliphatic heterocycles. The zero-order valence-electron chi connectivity index (χ0n) is 12.5. The molecular weight excluding hydrogens is 272 g/mol. The third-order valence-corrected chi connectivity index (χ3v) is 5.28. The molecule has 0 spiro atoms. The Morgan fingerprint density at radius 3 is 2.70 bits per heavy atom. The summed E-state index contributed by atoms with van der Waals surface area (Å²) in [5.41, 5.74) is 2.84. The lowest BCUT2D eigenvalue weighted by atomic mass is 10.0. The fourth-order valence-corrected chi connectivity index (χ4v) is 3.37. The van der Waals surface area contributed by atoms with Crippen molar-refractivity contribution in [3.05, 3.63) is 23.8 Å². The summed E-state index contributed by atoms with van der Waals surface area (Å²) in [5.74, 6) is 0.0946. The van der Waals surface area contributed by atoms with Crippen molar-refractivity contribution in [3.63, 3.8) is 0 Å². The average Bonchev–Trinajstić information content (AvgIpc) is 2.42. The molecule has 112 valence electrons. The van der Waals surface area contributed by atoms with Crippen molar-refractivity contribution >= 4 is 21.4 Å². The van der Waals surface area contributed by atoms with Crippen LogP contribution in [0.3, 0.4) is 0 Å². The maximum Gasteiger partial charge on any atom is 0.232 e. The van der Waals surface area contributed by atoms with Crippen LogP contribution in [-0.4, -0.2) is 26.8 Å². The summed E-state index contributed by atoms with van der Waals surface area (Å²) in [4.78, 5) is 2.41. The molecule has 1 saturated heterocycles. The lowest BCUT2D eigenvalue weighted by molar-refractivity contribution is 0.485. The van der Waals surface area contributed by atoms with Crippen LogP contribution in [0.4, 0.5) is 11.4 Å². The minimum atomic E-state index is -3.21. The van der Waals surface area contributed by atoms with E-state index in [2.05, 4.69) is 22.6 Å². The van der Waals surface area contributed by atoms with E-state index >= 15 is 0 Å². The number of aryl methyl sites for hydroxylation is 1. The van der Waals surface area contributed by atoms with Gasteiger partial charge < -0.3 is 4.90 Å². The SMILES string of the molecule is CCS(=O)(=O)Nc1ccc(N2CCCC[C@@H]2C)cc1C. The third kappa shape index (κ3) is 3.45. The van der Waals surface area contributed by atoms with Gasteiger partial charge in [-0.1, -0.05) is 0 Å². The lowest BCUT2D eigenvalue weighted by Crippen LogP contribution is -2.37. The molecule has 1 aliphatic rings. The molecule has 1 N–H and O–H groups in total. The van der Waals surface area contributed by atoms with Crippen molar-refractivity contribution in [2.24, 2.45) is 0 Å². The quantitative estimate of drug-likeness (QED) is 0.928. The van der Waals surface area contributed by atoms with E-state index in [9.17, 15) is 8.42 Å². The zero-order valence-corrected chi connectivity index (χ0v) is 13.3. The van der Waals surface area contributed by atoms with Crippen molar-refractivity contribution < 1.29 is 8.42 Å². The summed E-state index contributed by atoms with van der Waals surface area (Å²) in [6, 6.07) is 6.53. The zero-order chi connectivity index (χ0) is 14.8. The molecular formula is C15H24N2O2S. The van der Waals surface area contributed by atoms with Gasteiger partial charge in [0, 0.05) is 18.3 Å². The predicted molar refractivity (Wildman–Crippen MR) is 84.9 cm³/mol. The Hall–Kier alpha value is -1.23. The smallest absolute Gasteiger partial charge is 0.232 e. The van der Waals surface area contributed by atoms with Gasteiger partial charge in [0.25, 0.3) is 0 Å². The first-order valence-corrected chi connectivity index (χ1v) is 8.96. The van der Waals surface area contributed by atoms with E-state index in [1.54, 1.807) is 6.92 Å². The maximum absolute atomic E-state index is 11.6. The fraction of sp³-hybridized carbons (Fsp3) is 0.600. The Bertz CT molecular complexity index is 569. The third-order valence-electron chi connectivity index (χ3n) is 3.99. The van der Waals surface area contributed by atoms with Gasteiger partial charge >= 0.3 is 0 Å². The van der Waals surface area contributed by atoms with E-state index < -0.39 is 10.0 Å². The van der Waals surface area contributed by atoms with Crippen LogP contribution in [0.1, 0.15) is 38.7 Å². The van der Waals surface area contributed by atoms with Crippen molar-refractivity contribution in [2.75, 3.05) is 21.9 Å². The van der Waals surface area contributed by atoms with Gasteiger partial charge in [0.1, 0.15) is 0 Å². The average molecular weight is 296 g/mol. The normalized spacial score (nSPS) is 19.9. The Morgan fingerprint density at radius 1 is 1.35 bits per heavy atom. The molecule has 2 rings (SSSR count). The van der Waals surface area contributed by atoms with Gasteiger partial charge in [0.2, 0.25) is 10.0 Å². The standard InChI is InChI=1S/C15H24N2O2S/c1-4-20(18,19)16-15-9-8-14(11-12(15)2)17-10-6-5-7-13(17)3/h8-9,11,13,16H,4-7,10H2,1-3H3/t13-/m0/s1. The molecule has 5 heteroatoms. The van der Waals surface area contributed by atoms with Gasteiger partial charge in [-0.3, -0.25) is 4.72 Å². The van der Waals surface area contributed by atoms with Crippen LogP contribution >= 0.6 is 0 Å². The highest BCUT2D eigenvalue weighted by Crippen LogP contribution is 2.28. The van der Waals surface area contributed by atoms with Crippen LogP contribution in [-0.2, 0) is 10.0 Å². The number of hydrogen-bond acceptors (Lipinski definition) is 3. The highest BCUT2D eigenvalue weighted by Gasteiger charge is 2.19. The second-order valence-corrected chi connectivity index (χ2v) is 7.55. The molecule has 1 heterocycles. The Labute approximate surface area is 122 Å². The number of sulfonamides is 1. The lowest BCUT2D eigenvalue weighted by Gasteiger charge is -2.35. The molecule has 1 fully saturated rings. The van der Waals surface area contributed by atoms with Gasteiger partial charge in [-0.2, -0.15) is 0 Å². The Morgan fingerprint density at radius 2 is 2.10 bits per heavy atom. The van der Waals surface area contributed by atoms with Gasteiger partial charge in [0.05, 0.1) is 11.4 Å². The van der Waals surface area contributed by atoms with E-state index in [4.69, 9.17) is 0 Å². The number of hydrogen-bond donors (Lipinski definition) is 1. The molecule has 0 unspecified atom stereocenters. The Kier molecular flexibility index (Phi) is 4.58. The number of benzene rings is 1. The van der Waals surface area contributed by atoms with E-state index in [1.165, 1.54) is 24.9 Å². The van der Waals surface area contributed by atoms with E-state index in [0.717, 1.165) is 12.1 Å². The van der Waals surface area contributed by atoms with Crippen LogP contribution in [0, 0.1) is 6.92 Å². The molecule has 20 heavy (non-hydrogen) atoms. The maximum atomic E-state index is 11.6. The van der Waals surface area contributed by atoms with Gasteiger partial charge in [-0.15, -0.1) is 0 Å². The van der Waals surface area contributed by atoms with Gasteiger partial charge in [0.15, 0.2) is 0 Å². The van der Waals surface area contributed by atoms with Crippen molar-refractivity contribution in [1.29, 1.82) is 0 Å². The molecule has 0 aliphatic carbocycles. The van der Waals surface area contributed by atoms with Crippen molar-refractivity contribution in [2.45, 2.75) is 46.1 Å². The van der Waals surface area contributed by atoms with Crippen molar-refractivity contribution in [3.8, 4) is 0 Å². The first kappa shape index (κ1) is 15.2. The number of nitrogens with one attached hydrogen (secondary N) is 1. The summed E-state index contributed by atoms with van der Waals surface area (Å²) < 4.78 is 25.9. The van der Waals surface area contributed by atoms with E-state index in [1.807, 2.05) is 19.1 Å². The molecule has 0 aromatic heterocycles. The first-order valence-electron chi connectivity index (χ1n) is 7.30. The van der Waals surface area contributed by atoms with E-state index in [-0.39, 0.29) is 5.75 Å². The first-order chi connectivity index (χ1) is 9.43. The van der Waals surface area contributed by atoms with Crippen LogP contribution < -0.4 is 9.62 Å². The van der Waals surface area contributed by atoms with E-state index in [0.29, 0.717) is 11.7 Å². The summed E-state index contributed by atoms with van der Waals surface area (Å²) >= 11 is 0. The highest BCUT2D eigenvalue weighted by molar-refractivity contribution is 7.92. The van der Waals surface area contributed by atoms with Crippen LogP contribution in [0.25, 0.3) is 0 Å². The molecule has 0 bridgehead atoms. The predicted octanol–water partition coefficient (Wildman–Crippen LogP) is 3.14. The fourth-order valence-electron chi connectivity index (χ4n) is 2.66. The van der Waals surface area contributed by atoms with Crippen molar-refractivity contribution in [1.82, 2.24) is 0 Å². The number of piperidine rings is 1. The topological polar surface area (TPSA) is 49.4 Å². The summed E-state index contributed by atoms with van der Waals surface area (Å²) in [7, 11) is -3.21. The second-order valence-electron chi connectivity index (χ2n) is 5.54. The monoisotopic (exact) mass is 296 g/mol. The molecule has 1 aromatic rings. The minimum Gasteiger partial charge on any atom is -0.369 e. The number of anilines is 2. The molecule has 4 nitrogen and oxygen atoms in total. The van der Waals surface area contributed by atoms with Crippen LogP contribution in [0.2, 0.25) is 0 Å². The Balaban J connectivity index is 2.21.